The highest BCUT2D eigenvalue weighted by Gasteiger charge is 2.33. The molecule has 0 radical (unpaired) electrons. The number of aliphatic hydroxyl groups is 1. The zero-order valence-electron chi connectivity index (χ0n) is 9.93. The Hall–Kier alpha value is -1.82. The van der Waals surface area contributed by atoms with Crippen LogP contribution in [0.5, 0.6) is 11.6 Å². The van der Waals surface area contributed by atoms with Gasteiger partial charge < -0.3 is 19.7 Å². The zero-order valence-corrected chi connectivity index (χ0v) is 9.93. The summed E-state index contributed by atoms with van der Waals surface area (Å²) in [5, 5.41) is 18.6. The van der Waals surface area contributed by atoms with E-state index in [0.717, 1.165) is 0 Å². The van der Waals surface area contributed by atoms with Crippen molar-refractivity contribution >= 4 is 5.97 Å². The quantitative estimate of drug-likeness (QED) is 0.779. The van der Waals surface area contributed by atoms with Gasteiger partial charge in [0.2, 0.25) is 5.88 Å². The van der Waals surface area contributed by atoms with E-state index >= 15 is 0 Å². The summed E-state index contributed by atoms with van der Waals surface area (Å²) in [6.45, 7) is 1.21. The van der Waals surface area contributed by atoms with Gasteiger partial charge in [-0.25, -0.2) is 9.78 Å². The predicted molar refractivity (Wildman–Crippen MR) is 59.3 cm³/mol. The summed E-state index contributed by atoms with van der Waals surface area (Å²) in [6, 6.07) is 1.58. The van der Waals surface area contributed by atoms with Gasteiger partial charge in [0.05, 0.1) is 19.8 Å². The number of carboxylic acid groups (broad SMARTS) is 1. The molecule has 6 nitrogen and oxygen atoms in total. The molecule has 2 N–H and O–H groups in total. The molecule has 94 valence electrons. The van der Waals surface area contributed by atoms with Gasteiger partial charge in [-0.1, -0.05) is 0 Å². The first-order valence-electron chi connectivity index (χ1n) is 4.94. The molecular formula is C11H15NO5. The monoisotopic (exact) mass is 241 g/mol. The number of pyridine rings is 1. The van der Waals surface area contributed by atoms with Crippen LogP contribution in [-0.4, -0.2) is 41.0 Å². The molecule has 0 saturated carbocycles. The Morgan fingerprint density at radius 3 is 2.59 bits per heavy atom. The van der Waals surface area contributed by atoms with Crippen molar-refractivity contribution in [1.29, 1.82) is 0 Å². The van der Waals surface area contributed by atoms with Crippen LogP contribution in [0.3, 0.4) is 0 Å². The third-order valence-electron chi connectivity index (χ3n) is 2.37. The lowest BCUT2D eigenvalue weighted by Crippen LogP contribution is -2.37. The van der Waals surface area contributed by atoms with E-state index in [-0.39, 0.29) is 12.3 Å². The van der Waals surface area contributed by atoms with Crippen molar-refractivity contribution in [3.8, 4) is 11.6 Å². The second kappa shape index (κ2) is 5.01. The standard InChI is InChI=1S/C11H15NO5/c1-11(15,10(13)14)6-7-8(16-2)4-5-12-9(7)17-3/h4-5,15H,6H2,1-3H3,(H,13,14). The summed E-state index contributed by atoms with van der Waals surface area (Å²) < 4.78 is 10.1. The van der Waals surface area contributed by atoms with Crippen molar-refractivity contribution in [3.05, 3.63) is 17.8 Å². The maximum atomic E-state index is 10.9. The van der Waals surface area contributed by atoms with E-state index in [4.69, 9.17) is 14.6 Å². The van der Waals surface area contributed by atoms with E-state index in [1.54, 1.807) is 6.07 Å². The van der Waals surface area contributed by atoms with Crippen LogP contribution in [0.2, 0.25) is 0 Å². The second-order valence-electron chi connectivity index (χ2n) is 3.76. The Morgan fingerprint density at radius 2 is 2.12 bits per heavy atom. The number of aliphatic carboxylic acids is 1. The first kappa shape index (κ1) is 13.2. The predicted octanol–water partition coefficient (Wildman–Crippen LogP) is 0.477. The van der Waals surface area contributed by atoms with Gasteiger partial charge in [0.1, 0.15) is 5.75 Å². The number of ether oxygens (including phenoxy) is 2. The van der Waals surface area contributed by atoms with Crippen LogP contribution < -0.4 is 9.47 Å². The van der Waals surface area contributed by atoms with Crippen molar-refractivity contribution in [1.82, 2.24) is 4.98 Å². The van der Waals surface area contributed by atoms with Gasteiger partial charge in [0, 0.05) is 12.6 Å². The number of hydrogen-bond donors (Lipinski definition) is 2. The number of nitrogens with zero attached hydrogens (tertiary/aromatic N) is 1. The molecule has 1 heterocycles. The zero-order chi connectivity index (χ0) is 13.1. The van der Waals surface area contributed by atoms with Gasteiger partial charge in [-0.2, -0.15) is 0 Å². The molecule has 0 aliphatic rings. The fourth-order valence-corrected chi connectivity index (χ4v) is 1.41. The van der Waals surface area contributed by atoms with Crippen molar-refractivity contribution < 1.29 is 24.5 Å². The molecule has 1 unspecified atom stereocenters. The van der Waals surface area contributed by atoms with Gasteiger partial charge in [-0.05, 0) is 13.0 Å². The minimum Gasteiger partial charge on any atom is -0.496 e. The SMILES string of the molecule is COc1ccnc(OC)c1CC(C)(O)C(=O)O. The van der Waals surface area contributed by atoms with Crippen LogP contribution in [-0.2, 0) is 11.2 Å². The topological polar surface area (TPSA) is 88.9 Å². The van der Waals surface area contributed by atoms with E-state index in [0.29, 0.717) is 11.3 Å². The van der Waals surface area contributed by atoms with Gasteiger partial charge in [0.15, 0.2) is 5.60 Å². The molecular weight excluding hydrogens is 226 g/mol. The number of carbonyl (C=O) groups is 1. The van der Waals surface area contributed by atoms with E-state index < -0.39 is 11.6 Å². The van der Waals surface area contributed by atoms with Crippen LogP contribution in [0.4, 0.5) is 0 Å². The fourth-order valence-electron chi connectivity index (χ4n) is 1.41. The maximum Gasteiger partial charge on any atom is 0.335 e. The number of methoxy groups -OCH3 is 2. The molecule has 1 rings (SSSR count). The smallest absolute Gasteiger partial charge is 0.335 e. The van der Waals surface area contributed by atoms with Gasteiger partial charge in [-0.15, -0.1) is 0 Å². The number of aromatic nitrogens is 1. The van der Waals surface area contributed by atoms with Gasteiger partial charge >= 0.3 is 5.97 Å². The Balaban J connectivity index is 3.16. The first-order chi connectivity index (χ1) is 7.92. The molecule has 0 bridgehead atoms. The minimum absolute atomic E-state index is 0.150. The van der Waals surface area contributed by atoms with Crippen LogP contribution in [0.15, 0.2) is 12.3 Å². The van der Waals surface area contributed by atoms with E-state index in [9.17, 15) is 9.90 Å². The molecule has 1 aromatic heterocycles. The van der Waals surface area contributed by atoms with Crippen LogP contribution in [0.25, 0.3) is 0 Å². The third kappa shape index (κ3) is 2.85. The molecule has 0 aliphatic carbocycles. The van der Waals surface area contributed by atoms with Crippen molar-refractivity contribution in [2.75, 3.05) is 14.2 Å². The van der Waals surface area contributed by atoms with Gasteiger partial charge in [0.25, 0.3) is 0 Å². The number of carboxylic acids is 1. The van der Waals surface area contributed by atoms with Crippen molar-refractivity contribution in [2.24, 2.45) is 0 Å². The normalized spacial score (nSPS) is 13.9. The highest BCUT2D eigenvalue weighted by molar-refractivity contribution is 5.77. The molecule has 17 heavy (non-hydrogen) atoms. The Bertz CT molecular complexity index is 394. The summed E-state index contributed by atoms with van der Waals surface area (Å²) in [7, 11) is 2.87. The fraction of sp³-hybridized carbons (Fsp3) is 0.455. The van der Waals surface area contributed by atoms with Crippen LogP contribution in [0, 0.1) is 0 Å². The highest BCUT2D eigenvalue weighted by atomic mass is 16.5. The summed E-state index contributed by atoms with van der Waals surface area (Å²) in [4.78, 5) is 14.8. The Morgan fingerprint density at radius 1 is 1.47 bits per heavy atom. The third-order valence-corrected chi connectivity index (χ3v) is 2.37. The van der Waals surface area contributed by atoms with E-state index in [2.05, 4.69) is 4.98 Å². The average Bonchev–Trinajstić information content (AvgIpc) is 2.28. The van der Waals surface area contributed by atoms with Crippen LogP contribution >= 0.6 is 0 Å². The number of rotatable bonds is 5. The molecule has 0 aliphatic heterocycles. The molecule has 0 amide bonds. The molecule has 1 aromatic rings. The lowest BCUT2D eigenvalue weighted by molar-refractivity contribution is -0.156. The highest BCUT2D eigenvalue weighted by Crippen LogP contribution is 2.29. The molecule has 0 saturated heterocycles. The molecule has 0 fully saturated rings. The molecule has 1 atom stereocenters. The minimum atomic E-state index is -1.90. The molecule has 6 heteroatoms. The summed E-state index contributed by atoms with van der Waals surface area (Å²) >= 11 is 0. The lowest BCUT2D eigenvalue weighted by atomic mass is 9.97. The average molecular weight is 241 g/mol. The van der Waals surface area contributed by atoms with E-state index in [1.807, 2.05) is 0 Å². The van der Waals surface area contributed by atoms with Crippen molar-refractivity contribution in [2.45, 2.75) is 18.9 Å². The lowest BCUT2D eigenvalue weighted by Gasteiger charge is -2.20. The largest absolute Gasteiger partial charge is 0.496 e. The second-order valence-corrected chi connectivity index (χ2v) is 3.76. The summed E-state index contributed by atoms with van der Waals surface area (Å²) in [6.07, 6.45) is 1.33. The maximum absolute atomic E-state index is 10.9. The Kier molecular flexibility index (Phi) is 3.90. The van der Waals surface area contributed by atoms with E-state index in [1.165, 1.54) is 27.3 Å². The summed E-state index contributed by atoms with van der Waals surface area (Å²) in [5.41, 5.74) is -1.48. The first-order valence-corrected chi connectivity index (χ1v) is 4.94. The molecule has 0 spiro atoms. The Labute approximate surface area is 98.8 Å². The van der Waals surface area contributed by atoms with Crippen LogP contribution in [0.1, 0.15) is 12.5 Å². The number of hydrogen-bond acceptors (Lipinski definition) is 5. The molecule has 0 aromatic carbocycles. The summed E-state index contributed by atoms with van der Waals surface area (Å²) in [5.74, 6) is -0.644. The van der Waals surface area contributed by atoms with Gasteiger partial charge in [-0.3, -0.25) is 0 Å². The van der Waals surface area contributed by atoms with Crippen molar-refractivity contribution in [3.63, 3.8) is 0 Å².